The third-order valence-corrected chi connectivity index (χ3v) is 2.96. The largest absolute Gasteiger partial charge is 0.355 e. The van der Waals surface area contributed by atoms with Crippen LogP contribution in [0.5, 0.6) is 0 Å². The first-order valence-corrected chi connectivity index (χ1v) is 6.53. The van der Waals surface area contributed by atoms with Gasteiger partial charge in [-0.1, -0.05) is 41.7 Å². The van der Waals surface area contributed by atoms with Crippen molar-refractivity contribution >= 4 is 16.5 Å². The average Bonchev–Trinajstić information content (AvgIpc) is 2.28. The molecule has 0 radical (unpaired) electrons. The number of nitrogens with one attached hydrogen (secondary N) is 2. The first-order chi connectivity index (χ1) is 8.46. The molecule has 2 N–H and O–H groups in total. The second-order valence-electron chi connectivity index (χ2n) is 5.03. The number of hydrogen-bond donors (Lipinski definition) is 2. The fourth-order valence-corrected chi connectivity index (χ4v) is 2.35. The Kier molecular flexibility index (Phi) is 3.43. The van der Waals surface area contributed by atoms with Crippen LogP contribution in [0.4, 0.5) is 5.13 Å². The second-order valence-corrected chi connectivity index (χ2v) is 6.03. The van der Waals surface area contributed by atoms with Gasteiger partial charge in [-0.15, -0.1) is 10.2 Å². The molecule has 1 aromatic heterocycles. The van der Waals surface area contributed by atoms with E-state index in [1.165, 1.54) is 11.3 Å². The third-order valence-electron chi connectivity index (χ3n) is 2.18. The van der Waals surface area contributed by atoms with Gasteiger partial charge in [0.05, 0.1) is 0 Å². The second kappa shape index (κ2) is 4.86. The van der Waals surface area contributed by atoms with E-state index in [2.05, 4.69) is 36.3 Å². The van der Waals surface area contributed by atoms with Gasteiger partial charge in [0.2, 0.25) is 5.13 Å². The smallest absolute Gasteiger partial charge is 0.206 e. The summed E-state index contributed by atoms with van der Waals surface area (Å²) in [5.74, 6) is 0. The molecular formula is C13H16N4S. The van der Waals surface area contributed by atoms with Crippen LogP contribution >= 0.6 is 11.3 Å². The van der Waals surface area contributed by atoms with Crippen molar-refractivity contribution < 1.29 is 0 Å². The van der Waals surface area contributed by atoms with E-state index < -0.39 is 0 Å². The lowest BCUT2D eigenvalue weighted by Crippen LogP contribution is -2.27. The minimum Gasteiger partial charge on any atom is -0.355 e. The van der Waals surface area contributed by atoms with Crippen molar-refractivity contribution in [3.8, 4) is 11.3 Å². The zero-order chi connectivity index (χ0) is 13.2. The molecule has 0 bridgehead atoms. The van der Waals surface area contributed by atoms with Crippen LogP contribution in [0.1, 0.15) is 20.8 Å². The lowest BCUT2D eigenvalue weighted by molar-refractivity contribution is 0.631. The molecule has 0 amide bonds. The Balaban J connectivity index is 2.35. The molecule has 0 spiro atoms. The maximum Gasteiger partial charge on any atom is 0.206 e. The van der Waals surface area contributed by atoms with Gasteiger partial charge >= 0.3 is 0 Å². The highest BCUT2D eigenvalue weighted by Gasteiger charge is 2.12. The van der Waals surface area contributed by atoms with Crippen molar-refractivity contribution in [1.82, 2.24) is 10.2 Å². The number of benzene rings is 1. The van der Waals surface area contributed by atoms with Crippen LogP contribution in [0, 0.1) is 5.41 Å². The van der Waals surface area contributed by atoms with Crippen LogP contribution in [0.25, 0.3) is 11.3 Å². The zero-order valence-corrected chi connectivity index (χ0v) is 11.5. The molecule has 2 rings (SSSR count). The molecule has 0 aliphatic carbocycles. The van der Waals surface area contributed by atoms with E-state index in [-0.39, 0.29) is 5.54 Å². The van der Waals surface area contributed by atoms with Gasteiger partial charge in [0, 0.05) is 11.1 Å². The molecule has 0 aliphatic rings. The Labute approximate surface area is 110 Å². The first-order valence-electron chi connectivity index (χ1n) is 5.72. The average molecular weight is 260 g/mol. The van der Waals surface area contributed by atoms with Crippen molar-refractivity contribution in [2.24, 2.45) is 0 Å². The predicted molar refractivity (Wildman–Crippen MR) is 74.6 cm³/mol. The van der Waals surface area contributed by atoms with Gasteiger partial charge in [-0.3, -0.25) is 5.41 Å². The Hall–Kier alpha value is -1.75. The van der Waals surface area contributed by atoms with Crippen molar-refractivity contribution in [2.45, 2.75) is 26.3 Å². The SMILES string of the molecule is CC(C)(C)Nc1nnc(-c2ccccc2)c(=N)s1. The van der Waals surface area contributed by atoms with E-state index in [9.17, 15) is 0 Å². The van der Waals surface area contributed by atoms with Gasteiger partial charge in [-0.2, -0.15) is 0 Å². The Bertz CT molecular complexity index is 584. The standard InChI is InChI=1S/C13H16N4S/c1-13(2,3)15-12-17-16-10(11(14)18-12)9-7-5-4-6-8-9/h4-8,14H,1-3H3,(H,15,17). The molecule has 94 valence electrons. The normalized spacial score (nSPS) is 11.3. The van der Waals surface area contributed by atoms with Crippen molar-refractivity contribution in [3.05, 3.63) is 35.0 Å². The molecule has 0 aliphatic heterocycles. The number of rotatable bonds is 2. The van der Waals surface area contributed by atoms with Gasteiger partial charge in [-0.05, 0) is 20.8 Å². The summed E-state index contributed by atoms with van der Waals surface area (Å²) >= 11 is 1.31. The highest BCUT2D eigenvalue weighted by molar-refractivity contribution is 7.13. The molecule has 1 aromatic carbocycles. The summed E-state index contributed by atoms with van der Waals surface area (Å²) in [5.41, 5.74) is 1.47. The summed E-state index contributed by atoms with van der Waals surface area (Å²) in [6, 6.07) is 9.68. The van der Waals surface area contributed by atoms with Crippen LogP contribution in [-0.4, -0.2) is 15.7 Å². The highest BCUT2D eigenvalue weighted by atomic mass is 32.1. The fraction of sp³-hybridized carbons (Fsp3) is 0.308. The number of anilines is 1. The van der Waals surface area contributed by atoms with Crippen LogP contribution < -0.4 is 9.99 Å². The lowest BCUT2D eigenvalue weighted by Gasteiger charge is -2.20. The maximum absolute atomic E-state index is 8.03. The van der Waals surface area contributed by atoms with E-state index in [4.69, 9.17) is 5.41 Å². The van der Waals surface area contributed by atoms with Crippen LogP contribution in [-0.2, 0) is 0 Å². The summed E-state index contributed by atoms with van der Waals surface area (Å²) < 4.78 is 0.419. The first kappa shape index (κ1) is 12.7. The molecule has 0 fully saturated rings. The molecule has 18 heavy (non-hydrogen) atoms. The number of nitrogens with zero attached hydrogens (tertiary/aromatic N) is 2. The number of hydrogen-bond acceptors (Lipinski definition) is 5. The summed E-state index contributed by atoms with van der Waals surface area (Å²) in [5, 5.41) is 20.2. The molecule has 1 heterocycles. The monoisotopic (exact) mass is 260 g/mol. The Morgan fingerprint density at radius 3 is 2.33 bits per heavy atom. The lowest BCUT2D eigenvalue weighted by atomic mass is 10.1. The summed E-state index contributed by atoms with van der Waals surface area (Å²) in [6.07, 6.45) is 0. The zero-order valence-electron chi connectivity index (χ0n) is 10.7. The maximum atomic E-state index is 8.03. The van der Waals surface area contributed by atoms with Gasteiger partial charge in [0.1, 0.15) is 10.4 Å². The molecule has 5 heteroatoms. The molecular weight excluding hydrogens is 244 g/mol. The van der Waals surface area contributed by atoms with E-state index in [0.717, 1.165) is 5.56 Å². The Morgan fingerprint density at radius 2 is 1.78 bits per heavy atom. The van der Waals surface area contributed by atoms with E-state index in [0.29, 0.717) is 15.5 Å². The molecule has 0 saturated heterocycles. The van der Waals surface area contributed by atoms with E-state index in [1.807, 2.05) is 30.3 Å². The van der Waals surface area contributed by atoms with E-state index in [1.54, 1.807) is 0 Å². The van der Waals surface area contributed by atoms with E-state index >= 15 is 0 Å². The molecule has 0 saturated carbocycles. The van der Waals surface area contributed by atoms with Crippen LogP contribution in [0.3, 0.4) is 0 Å². The van der Waals surface area contributed by atoms with Crippen molar-refractivity contribution in [1.29, 1.82) is 5.41 Å². The van der Waals surface area contributed by atoms with Crippen LogP contribution in [0.2, 0.25) is 0 Å². The van der Waals surface area contributed by atoms with Gasteiger partial charge in [0.15, 0.2) is 0 Å². The highest BCUT2D eigenvalue weighted by Crippen LogP contribution is 2.17. The molecule has 0 atom stereocenters. The van der Waals surface area contributed by atoms with Gasteiger partial charge in [0.25, 0.3) is 0 Å². The summed E-state index contributed by atoms with van der Waals surface area (Å²) in [7, 11) is 0. The summed E-state index contributed by atoms with van der Waals surface area (Å²) in [4.78, 5) is 0. The Morgan fingerprint density at radius 1 is 1.11 bits per heavy atom. The van der Waals surface area contributed by atoms with Crippen molar-refractivity contribution in [3.63, 3.8) is 0 Å². The van der Waals surface area contributed by atoms with Gasteiger partial charge < -0.3 is 5.32 Å². The summed E-state index contributed by atoms with van der Waals surface area (Å²) in [6.45, 7) is 6.16. The topological polar surface area (TPSA) is 61.7 Å². The van der Waals surface area contributed by atoms with Crippen LogP contribution in [0.15, 0.2) is 30.3 Å². The predicted octanol–water partition coefficient (Wildman–Crippen LogP) is 2.89. The fourth-order valence-electron chi connectivity index (χ4n) is 1.46. The molecule has 2 aromatic rings. The third kappa shape index (κ3) is 3.13. The van der Waals surface area contributed by atoms with Gasteiger partial charge in [-0.25, -0.2) is 0 Å². The quantitative estimate of drug-likeness (QED) is 0.872. The number of aromatic nitrogens is 2. The molecule has 0 unspecified atom stereocenters. The molecule has 4 nitrogen and oxygen atoms in total. The van der Waals surface area contributed by atoms with Crippen molar-refractivity contribution in [2.75, 3.05) is 5.32 Å². The minimum atomic E-state index is -0.0775. The minimum absolute atomic E-state index is 0.0775.